The number of carbonyl (C=O) groups is 1. The molecule has 1 aromatic rings. The zero-order valence-electron chi connectivity index (χ0n) is 13.1. The number of halogens is 1. The van der Waals surface area contributed by atoms with Crippen molar-refractivity contribution in [3.05, 3.63) is 23.8 Å². The predicted molar refractivity (Wildman–Crippen MR) is 92.7 cm³/mol. The van der Waals surface area contributed by atoms with Crippen molar-refractivity contribution in [2.24, 2.45) is 5.92 Å². The van der Waals surface area contributed by atoms with Crippen LogP contribution < -0.4 is 9.80 Å². The molecule has 2 fully saturated rings. The van der Waals surface area contributed by atoms with E-state index in [-0.39, 0.29) is 24.0 Å². The van der Waals surface area contributed by atoms with E-state index in [0.717, 1.165) is 31.6 Å². The lowest BCUT2D eigenvalue weighted by molar-refractivity contribution is -0.117. The normalized spacial score (nSPS) is 21.3. The number of nitrogens with zero attached hydrogens (tertiary/aromatic N) is 3. The second-order valence-corrected chi connectivity index (χ2v) is 9.11. The molecular formula is C16H18ClN3O3S. The summed E-state index contributed by atoms with van der Waals surface area (Å²) >= 11 is 0. The summed E-state index contributed by atoms with van der Waals surface area (Å²) in [5, 5.41) is 9.44. The van der Waals surface area contributed by atoms with Gasteiger partial charge in [-0.1, -0.05) is 0 Å². The van der Waals surface area contributed by atoms with Gasteiger partial charge < -0.3 is 9.80 Å². The first-order valence-electron chi connectivity index (χ1n) is 7.89. The molecule has 0 bridgehead atoms. The average molecular weight is 368 g/mol. The first kappa shape index (κ1) is 17.1. The van der Waals surface area contributed by atoms with Gasteiger partial charge >= 0.3 is 0 Å². The third-order valence-corrected chi connectivity index (χ3v) is 5.75. The van der Waals surface area contributed by atoms with Crippen molar-refractivity contribution >= 4 is 37.0 Å². The van der Waals surface area contributed by atoms with Crippen LogP contribution in [0.1, 0.15) is 24.8 Å². The number of benzene rings is 1. The van der Waals surface area contributed by atoms with Crippen molar-refractivity contribution in [3.63, 3.8) is 0 Å². The summed E-state index contributed by atoms with van der Waals surface area (Å²) in [4.78, 5) is 15.9. The van der Waals surface area contributed by atoms with Gasteiger partial charge in [0.05, 0.1) is 17.0 Å². The van der Waals surface area contributed by atoms with E-state index in [2.05, 4.69) is 11.0 Å². The molecule has 3 rings (SSSR count). The van der Waals surface area contributed by atoms with Gasteiger partial charge in [0.1, 0.15) is 6.07 Å². The molecule has 1 unspecified atom stereocenters. The van der Waals surface area contributed by atoms with Gasteiger partial charge in [0.15, 0.2) is 0 Å². The molecule has 2 aliphatic rings. The molecule has 0 saturated carbocycles. The number of rotatable bonds is 4. The van der Waals surface area contributed by atoms with Gasteiger partial charge in [-0.2, -0.15) is 5.26 Å². The molecule has 0 radical (unpaired) electrons. The average Bonchev–Trinajstić information content (AvgIpc) is 3.15. The summed E-state index contributed by atoms with van der Waals surface area (Å²) in [6, 6.07) is 7.61. The maximum atomic E-state index is 12.2. The van der Waals surface area contributed by atoms with Gasteiger partial charge in [0, 0.05) is 48.3 Å². The van der Waals surface area contributed by atoms with Gasteiger partial charge in [-0.25, -0.2) is 8.42 Å². The molecule has 0 aliphatic carbocycles. The van der Waals surface area contributed by atoms with Crippen molar-refractivity contribution in [1.29, 1.82) is 5.26 Å². The molecule has 1 aromatic carbocycles. The maximum Gasteiger partial charge on any atom is 0.232 e. The smallest absolute Gasteiger partial charge is 0.232 e. The van der Waals surface area contributed by atoms with Crippen LogP contribution in [0.3, 0.4) is 0 Å². The largest absolute Gasteiger partial charge is 0.370 e. The Hall–Kier alpha value is -1.78. The number of carbonyl (C=O) groups excluding carboxylic acids is 1. The highest BCUT2D eigenvalue weighted by Gasteiger charge is 2.33. The summed E-state index contributed by atoms with van der Waals surface area (Å²) in [5.41, 5.74) is 2.06. The lowest BCUT2D eigenvalue weighted by Gasteiger charge is -2.22. The molecule has 2 heterocycles. The first-order chi connectivity index (χ1) is 11.4. The minimum absolute atomic E-state index is 0.141. The molecular weight excluding hydrogens is 350 g/mol. The quantitative estimate of drug-likeness (QED) is 0.761. The van der Waals surface area contributed by atoms with Gasteiger partial charge in [0.25, 0.3) is 0 Å². The van der Waals surface area contributed by atoms with E-state index in [1.54, 1.807) is 11.0 Å². The molecule has 0 aromatic heterocycles. The second-order valence-electron chi connectivity index (χ2n) is 6.29. The molecule has 1 amide bonds. The Morgan fingerprint density at radius 1 is 1.29 bits per heavy atom. The summed E-state index contributed by atoms with van der Waals surface area (Å²) in [6.07, 6.45) is 2.39. The SMILES string of the molecule is N#Cc1cc(N2CC(CS(=O)(=O)Cl)CC2=O)ccc1N1CCCC1. The molecule has 128 valence electrons. The van der Waals surface area contributed by atoms with E-state index in [4.69, 9.17) is 10.7 Å². The molecule has 6 nitrogen and oxygen atoms in total. The molecule has 8 heteroatoms. The van der Waals surface area contributed by atoms with Crippen molar-refractivity contribution in [2.45, 2.75) is 19.3 Å². The Kier molecular flexibility index (Phi) is 4.70. The van der Waals surface area contributed by atoms with E-state index in [1.807, 2.05) is 12.1 Å². The van der Waals surface area contributed by atoms with Crippen LogP contribution in [0, 0.1) is 17.2 Å². The van der Waals surface area contributed by atoms with E-state index in [9.17, 15) is 18.5 Å². The number of nitriles is 1. The number of hydrogen-bond acceptors (Lipinski definition) is 5. The minimum atomic E-state index is -3.63. The van der Waals surface area contributed by atoms with E-state index in [1.165, 1.54) is 0 Å². The summed E-state index contributed by atoms with van der Waals surface area (Å²) in [6.45, 7) is 2.18. The fourth-order valence-electron chi connectivity index (χ4n) is 3.44. The van der Waals surface area contributed by atoms with Crippen molar-refractivity contribution in [1.82, 2.24) is 0 Å². The fourth-order valence-corrected chi connectivity index (χ4v) is 4.76. The van der Waals surface area contributed by atoms with Crippen LogP contribution in [-0.2, 0) is 13.8 Å². The third-order valence-electron chi connectivity index (χ3n) is 4.50. The molecule has 0 N–H and O–H groups in total. The Labute approximate surface area is 146 Å². The highest BCUT2D eigenvalue weighted by Crippen LogP contribution is 2.32. The summed E-state index contributed by atoms with van der Waals surface area (Å²) in [7, 11) is 1.66. The van der Waals surface area contributed by atoms with Gasteiger partial charge in [-0.3, -0.25) is 4.79 Å². The van der Waals surface area contributed by atoms with Crippen LogP contribution >= 0.6 is 10.7 Å². The van der Waals surface area contributed by atoms with E-state index in [0.29, 0.717) is 17.8 Å². The molecule has 2 saturated heterocycles. The molecule has 2 aliphatic heterocycles. The topological polar surface area (TPSA) is 81.5 Å². The van der Waals surface area contributed by atoms with Crippen LogP contribution in [0.5, 0.6) is 0 Å². The van der Waals surface area contributed by atoms with Crippen molar-refractivity contribution in [2.75, 3.05) is 35.2 Å². The zero-order chi connectivity index (χ0) is 17.3. The van der Waals surface area contributed by atoms with Gasteiger partial charge in [-0.15, -0.1) is 0 Å². The van der Waals surface area contributed by atoms with Gasteiger partial charge in [0.2, 0.25) is 15.0 Å². The Morgan fingerprint density at radius 3 is 2.62 bits per heavy atom. The van der Waals surface area contributed by atoms with Gasteiger partial charge in [-0.05, 0) is 31.0 Å². The highest BCUT2D eigenvalue weighted by molar-refractivity contribution is 8.13. The number of hydrogen-bond donors (Lipinski definition) is 0. The van der Waals surface area contributed by atoms with Crippen LogP contribution in [0.25, 0.3) is 0 Å². The molecule has 0 spiro atoms. The van der Waals surface area contributed by atoms with Crippen molar-refractivity contribution in [3.8, 4) is 6.07 Å². The molecule has 1 atom stereocenters. The summed E-state index contributed by atoms with van der Waals surface area (Å²) < 4.78 is 22.4. The summed E-state index contributed by atoms with van der Waals surface area (Å²) in [5.74, 6) is -0.671. The van der Waals surface area contributed by atoms with E-state index >= 15 is 0 Å². The molecule has 24 heavy (non-hydrogen) atoms. The lowest BCUT2D eigenvalue weighted by Crippen LogP contribution is -2.26. The van der Waals surface area contributed by atoms with Crippen LogP contribution in [0.4, 0.5) is 11.4 Å². The second kappa shape index (κ2) is 6.61. The minimum Gasteiger partial charge on any atom is -0.370 e. The zero-order valence-corrected chi connectivity index (χ0v) is 14.7. The third kappa shape index (κ3) is 3.65. The lowest BCUT2D eigenvalue weighted by atomic mass is 10.1. The van der Waals surface area contributed by atoms with E-state index < -0.39 is 9.05 Å². The van der Waals surface area contributed by atoms with Crippen LogP contribution in [0.15, 0.2) is 18.2 Å². The Morgan fingerprint density at radius 2 is 2.00 bits per heavy atom. The highest BCUT2D eigenvalue weighted by atomic mass is 35.7. The standard InChI is InChI=1S/C16H18ClN3O3S/c17-24(22,23)11-12-7-16(21)20(10-12)14-3-4-15(13(8-14)9-18)19-5-1-2-6-19/h3-4,8,12H,1-2,5-7,10-11H2. The number of anilines is 2. The Bertz CT molecular complexity index is 797. The van der Waals surface area contributed by atoms with Crippen LogP contribution in [0.2, 0.25) is 0 Å². The van der Waals surface area contributed by atoms with Crippen molar-refractivity contribution < 1.29 is 13.2 Å². The fraction of sp³-hybridized carbons (Fsp3) is 0.500. The van der Waals surface area contributed by atoms with Crippen LogP contribution in [-0.4, -0.2) is 39.7 Å². The Balaban J connectivity index is 1.82. The first-order valence-corrected chi connectivity index (χ1v) is 10.4. The monoisotopic (exact) mass is 367 g/mol. The number of amides is 1. The predicted octanol–water partition coefficient (Wildman–Crippen LogP) is 2.08. The maximum absolute atomic E-state index is 12.2.